The third kappa shape index (κ3) is 25.6. The number of hydrogen-bond donors (Lipinski definition) is 1. The van der Waals surface area contributed by atoms with Gasteiger partial charge in [-0.25, -0.2) is 0 Å². The van der Waals surface area contributed by atoms with E-state index in [1.54, 1.807) is 0 Å². The molecule has 0 bridgehead atoms. The van der Waals surface area contributed by atoms with Gasteiger partial charge < -0.3 is 15.0 Å². The number of carboxylic acid groups (broad SMARTS) is 1. The van der Waals surface area contributed by atoms with Crippen molar-refractivity contribution in [3.63, 3.8) is 0 Å². The van der Waals surface area contributed by atoms with E-state index >= 15 is 0 Å². The maximum absolute atomic E-state index is 10.2. The molecule has 1 atom stereocenters. The fraction of sp³-hybridized carbons (Fsp3) is 0.944. The second-order valence-corrected chi connectivity index (χ2v) is 6.24. The zero-order chi connectivity index (χ0) is 15.8. The van der Waals surface area contributed by atoms with Gasteiger partial charge in [-0.2, -0.15) is 0 Å². The Hall–Kier alpha value is 1.29. The second-order valence-electron chi connectivity index (χ2n) is 6.24. The molecule has 0 fully saturated rings. The van der Waals surface area contributed by atoms with Gasteiger partial charge in [0.15, 0.2) is 0 Å². The van der Waals surface area contributed by atoms with E-state index in [-0.39, 0.29) is 69.1 Å². The van der Waals surface area contributed by atoms with Gasteiger partial charge in [-0.1, -0.05) is 77.6 Å². The normalized spacial score (nSPS) is 11.4. The second kappa shape index (κ2) is 23.3. The monoisotopic (exact) mass is 346 g/mol. The van der Waals surface area contributed by atoms with Crippen molar-refractivity contribution in [1.29, 1.82) is 0 Å². The minimum atomic E-state index is -0.928. The maximum Gasteiger partial charge on any atom is 2.00 e. The van der Waals surface area contributed by atoms with Gasteiger partial charge in [0.1, 0.15) is 0 Å². The van der Waals surface area contributed by atoms with Crippen LogP contribution >= 0.6 is 0 Å². The molecule has 5 heteroatoms. The Morgan fingerprint density at radius 3 is 1.65 bits per heavy atom. The summed E-state index contributed by atoms with van der Waals surface area (Å²) in [5.74, 6) is -0.928. The van der Waals surface area contributed by atoms with Crippen LogP contribution in [0.4, 0.5) is 0 Å². The molecular weight excluding hydrogens is 311 g/mol. The first-order valence-electron chi connectivity index (χ1n) is 9.04. The number of aliphatic carboxylic acids is 1. The van der Waals surface area contributed by atoms with Crippen molar-refractivity contribution in [2.24, 2.45) is 0 Å². The van der Waals surface area contributed by atoms with Crippen LogP contribution in [0.5, 0.6) is 0 Å². The van der Waals surface area contributed by atoms with Crippen LogP contribution in [0.15, 0.2) is 0 Å². The summed E-state index contributed by atoms with van der Waals surface area (Å²) in [5, 5.41) is 20.1. The Morgan fingerprint density at radius 1 is 0.826 bits per heavy atom. The largest absolute Gasteiger partial charge is 2.00 e. The summed E-state index contributed by atoms with van der Waals surface area (Å²) in [6.45, 7) is 2.21. The number of aliphatic hydroxyl groups is 1. The molecule has 3 nitrogen and oxygen atoms in total. The fourth-order valence-electron chi connectivity index (χ4n) is 2.66. The standard InChI is InChI=1S/C18H36O3.Ca.Li/c1-2-3-4-11-14-17(19)15-12-9-7-5-6-8-10-13-16-18(20)21;;/h17,19H,2-16H2,1H3,(H,20,21);;/q;+2;+1/p-1. The van der Waals surface area contributed by atoms with Crippen LogP contribution in [0.1, 0.15) is 103 Å². The van der Waals surface area contributed by atoms with Gasteiger partial charge >= 0.3 is 56.6 Å². The zero-order valence-electron chi connectivity index (χ0n) is 15.7. The van der Waals surface area contributed by atoms with Crippen molar-refractivity contribution in [2.45, 2.75) is 109 Å². The Kier molecular flexibility index (Phi) is 29.4. The van der Waals surface area contributed by atoms with E-state index in [9.17, 15) is 15.0 Å². The number of carbonyl (C=O) groups is 1. The molecule has 0 aliphatic heterocycles. The molecule has 23 heavy (non-hydrogen) atoms. The molecule has 0 saturated carbocycles. The third-order valence-electron chi connectivity index (χ3n) is 4.06. The quantitative estimate of drug-likeness (QED) is 0.329. The molecule has 0 aliphatic rings. The molecule has 0 spiro atoms. The van der Waals surface area contributed by atoms with Crippen molar-refractivity contribution >= 4 is 43.7 Å². The van der Waals surface area contributed by atoms with Crippen LogP contribution in [0.3, 0.4) is 0 Å². The summed E-state index contributed by atoms with van der Waals surface area (Å²) in [6.07, 6.45) is 15.9. The Morgan fingerprint density at radius 2 is 1.22 bits per heavy atom. The van der Waals surface area contributed by atoms with E-state index in [0.29, 0.717) is 0 Å². The van der Waals surface area contributed by atoms with E-state index in [0.717, 1.165) is 38.5 Å². The number of unbranched alkanes of at least 4 members (excludes halogenated alkanes) is 10. The number of carbonyl (C=O) groups excluding carboxylic acids is 1. The van der Waals surface area contributed by atoms with Gasteiger partial charge in [-0.3, -0.25) is 0 Å². The summed E-state index contributed by atoms with van der Waals surface area (Å²) in [6, 6.07) is 0. The number of rotatable bonds is 16. The average Bonchev–Trinajstić information content (AvgIpc) is 2.45. The fourth-order valence-corrected chi connectivity index (χ4v) is 2.66. The number of hydrogen-bond acceptors (Lipinski definition) is 3. The third-order valence-corrected chi connectivity index (χ3v) is 4.06. The molecule has 0 rings (SSSR count). The van der Waals surface area contributed by atoms with Crippen molar-refractivity contribution in [2.75, 3.05) is 0 Å². The van der Waals surface area contributed by atoms with Crippen LogP contribution in [0, 0.1) is 0 Å². The average molecular weight is 346 g/mol. The summed E-state index contributed by atoms with van der Waals surface area (Å²) in [5.41, 5.74) is 0. The predicted molar refractivity (Wildman–Crippen MR) is 91.7 cm³/mol. The van der Waals surface area contributed by atoms with Crippen LogP contribution in [-0.2, 0) is 4.79 Å². The van der Waals surface area contributed by atoms with E-state index < -0.39 is 5.97 Å². The van der Waals surface area contributed by atoms with E-state index in [1.807, 2.05) is 0 Å². The molecule has 0 aromatic carbocycles. The summed E-state index contributed by atoms with van der Waals surface area (Å²) in [7, 11) is 0. The van der Waals surface area contributed by atoms with E-state index in [4.69, 9.17) is 0 Å². The smallest absolute Gasteiger partial charge is 0.550 e. The van der Waals surface area contributed by atoms with Crippen molar-refractivity contribution in [3.8, 4) is 0 Å². The molecule has 0 heterocycles. The topological polar surface area (TPSA) is 60.4 Å². The number of carboxylic acids is 1. The molecule has 0 aliphatic carbocycles. The Bertz CT molecular complexity index is 240. The van der Waals surface area contributed by atoms with Crippen molar-refractivity contribution < 1.29 is 33.9 Å². The molecule has 0 amide bonds. The van der Waals surface area contributed by atoms with Crippen molar-refractivity contribution in [1.82, 2.24) is 0 Å². The molecule has 0 radical (unpaired) electrons. The van der Waals surface area contributed by atoms with Crippen molar-refractivity contribution in [3.05, 3.63) is 0 Å². The summed E-state index contributed by atoms with van der Waals surface area (Å²) in [4.78, 5) is 10.2. The molecule has 0 aromatic rings. The zero-order valence-corrected chi connectivity index (χ0v) is 17.9. The molecule has 126 valence electrons. The van der Waals surface area contributed by atoms with Crippen LogP contribution < -0.4 is 24.0 Å². The van der Waals surface area contributed by atoms with Crippen LogP contribution in [0.25, 0.3) is 0 Å². The van der Waals surface area contributed by atoms with Crippen LogP contribution in [0.2, 0.25) is 0 Å². The molecule has 0 aromatic heterocycles. The van der Waals surface area contributed by atoms with Gasteiger partial charge in [0.2, 0.25) is 0 Å². The SMILES string of the molecule is CCCCCCC(O)CCCCCCCCCCC(=O)[O-].[Ca+2].[Li+]. The van der Waals surface area contributed by atoms with E-state index in [1.165, 1.54) is 51.4 Å². The van der Waals surface area contributed by atoms with Gasteiger partial charge in [0, 0.05) is 5.97 Å². The van der Waals surface area contributed by atoms with Gasteiger partial charge in [-0.05, 0) is 25.7 Å². The minimum Gasteiger partial charge on any atom is -0.550 e. The minimum absolute atomic E-state index is 0. The summed E-state index contributed by atoms with van der Waals surface area (Å²) < 4.78 is 0. The van der Waals surface area contributed by atoms with E-state index in [2.05, 4.69) is 6.92 Å². The van der Waals surface area contributed by atoms with Gasteiger partial charge in [0.25, 0.3) is 0 Å². The molecule has 0 saturated heterocycles. The Labute approximate surface area is 185 Å². The first-order chi connectivity index (χ1) is 10.2. The first kappa shape index (κ1) is 29.1. The predicted octanol–water partition coefficient (Wildman–Crippen LogP) is 0.592. The van der Waals surface area contributed by atoms with Gasteiger partial charge in [-0.15, -0.1) is 0 Å². The summed E-state index contributed by atoms with van der Waals surface area (Å²) >= 11 is 0. The molecule has 1 N–H and O–H groups in total. The maximum atomic E-state index is 10.2. The molecule has 1 unspecified atom stereocenters. The number of aliphatic hydroxyl groups excluding tert-OH is 1. The molecular formula is C18H35CaLiO3+2. The first-order valence-corrected chi connectivity index (χ1v) is 9.04. The van der Waals surface area contributed by atoms with Crippen LogP contribution in [-0.4, -0.2) is 54.9 Å². The Balaban J connectivity index is -0.00000200. The van der Waals surface area contributed by atoms with Gasteiger partial charge in [0.05, 0.1) is 6.10 Å².